The Bertz CT molecular complexity index is 219. The number of carbonyl (C=O) groups excluding carboxylic acids is 1. The van der Waals surface area contributed by atoms with Crippen LogP contribution in [-0.2, 0) is 28.5 Å². The van der Waals surface area contributed by atoms with Crippen molar-refractivity contribution in [2.45, 2.75) is 31.7 Å². The van der Waals surface area contributed by atoms with E-state index < -0.39 is 0 Å². The molecule has 0 radical (unpaired) electrons. The third-order valence-electron chi connectivity index (χ3n) is 2.29. The molecule has 0 amide bonds. The minimum absolute atomic E-state index is 0.123. The summed E-state index contributed by atoms with van der Waals surface area (Å²) in [7, 11) is 3.06. The smallest absolute Gasteiger partial charge is 0.308 e. The molecular weight excluding hydrogens is 216 g/mol. The van der Waals surface area contributed by atoms with Gasteiger partial charge in [0.25, 0.3) is 0 Å². The molecule has 6 nitrogen and oxygen atoms in total. The van der Waals surface area contributed by atoms with E-state index in [0.29, 0.717) is 0 Å². The summed E-state index contributed by atoms with van der Waals surface area (Å²) in [6, 6.07) is 0. The van der Waals surface area contributed by atoms with Crippen LogP contribution in [0.3, 0.4) is 0 Å². The Balaban J connectivity index is 2.53. The van der Waals surface area contributed by atoms with E-state index in [1.165, 1.54) is 14.2 Å². The Labute approximate surface area is 94.7 Å². The van der Waals surface area contributed by atoms with Gasteiger partial charge < -0.3 is 23.7 Å². The molecule has 0 aromatic carbocycles. The lowest BCUT2D eigenvalue weighted by Gasteiger charge is -2.34. The maximum absolute atomic E-state index is 11.2. The van der Waals surface area contributed by atoms with Crippen LogP contribution in [0.1, 0.15) is 13.3 Å². The van der Waals surface area contributed by atoms with Gasteiger partial charge in [-0.1, -0.05) is 0 Å². The van der Waals surface area contributed by atoms with Crippen molar-refractivity contribution >= 4 is 5.97 Å². The van der Waals surface area contributed by atoms with Crippen molar-refractivity contribution in [1.29, 1.82) is 0 Å². The van der Waals surface area contributed by atoms with E-state index in [-0.39, 0.29) is 44.3 Å². The number of esters is 1. The lowest BCUT2D eigenvalue weighted by Crippen LogP contribution is -2.48. The van der Waals surface area contributed by atoms with Gasteiger partial charge in [0, 0.05) is 14.2 Å². The van der Waals surface area contributed by atoms with Crippen molar-refractivity contribution in [3.63, 3.8) is 0 Å². The molecule has 1 aliphatic heterocycles. The standard InChI is InChI=1S/C10H18O6/c1-7-10(15-6-13-3)8(14-5-12-2)4-9(11)16-7/h7-8,10H,4-6H2,1-3H3/t7-,8-,10-/m1/s1. The summed E-state index contributed by atoms with van der Waals surface area (Å²) in [4.78, 5) is 11.2. The number of methoxy groups -OCH3 is 2. The SMILES string of the molecule is COCO[C@@H]1[C@@H](C)OC(=O)C[C@H]1OCOC. The number of cyclic esters (lactones) is 1. The summed E-state index contributed by atoms with van der Waals surface area (Å²) in [6.45, 7) is 2.03. The molecule has 0 bridgehead atoms. The van der Waals surface area contributed by atoms with E-state index in [9.17, 15) is 4.79 Å². The van der Waals surface area contributed by atoms with Gasteiger partial charge in [-0.15, -0.1) is 0 Å². The second-order valence-electron chi connectivity index (χ2n) is 3.55. The molecule has 1 rings (SSSR count). The number of hydrogen-bond donors (Lipinski definition) is 0. The van der Waals surface area contributed by atoms with E-state index >= 15 is 0 Å². The zero-order valence-corrected chi connectivity index (χ0v) is 9.80. The maximum Gasteiger partial charge on any atom is 0.308 e. The van der Waals surface area contributed by atoms with Gasteiger partial charge in [0.2, 0.25) is 0 Å². The first-order valence-corrected chi connectivity index (χ1v) is 5.09. The van der Waals surface area contributed by atoms with Crippen LogP contribution in [0.15, 0.2) is 0 Å². The maximum atomic E-state index is 11.2. The molecule has 0 N–H and O–H groups in total. The van der Waals surface area contributed by atoms with E-state index in [0.717, 1.165) is 0 Å². The van der Waals surface area contributed by atoms with Crippen LogP contribution in [0.25, 0.3) is 0 Å². The molecule has 3 atom stereocenters. The average Bonchev–Trinajstić information content (AvgIpc) is 2.24. The highest BCUT2D eigenvalue weighted by molar-refractivity contribution is 5.71. The molecule has 0 spiro atoms. The van der Waals surface area contributed by atoms with Gasteiger partial charge in [0.05, 0.1) is 6.42 Å². The van der Waals surface area contributed by atoms with Crippen LogP contribution < -0.4 is 0 Å². The lowest BCUT2D eigenvalue weighted by atomic mass is 10.0. The molecule has 0 aromatic rings. The van der Waals surface area contributed by atoms with E-state index in [2.05, 4.69) is 0 Å². The summed E-state index contributed by atoms with van der Waals surface area (Å²) < 4.78 is 25.5. The van der Waals surface area contributed by atoms with Crippen LogP contribution in [0.5, 0.6) is 0 Å². The molecule has 1 heterocycles. The Morgan fingerprint density at radius 2 is 1.88 bits per heavy atom. The second kappa shape index (κ2) is 6.80. The summed E-state index contributed by atoms with van der Waals surface area (Å²) in [6.07, 6.45) is -0.861. The fourth-order valence-corrected chi connectivity index (χ4v) is 1.60. The Kier molecular flexibility index (Phi) is 5.68. The predicted molar refractivity (Wildman–Crippen MR) is 53.7 cm³/mol. The molecule has 94 valence electrons. The molecule has 0 unspecified atom stereocenters. The highest BCUT2D eigenvalue weighted by Gasteiger charge is 2.37. The molecule has 6 heteroatoms. The van der Waals surface area contributed by atoms with E-state index in [1.54, 1.807) is 6.92 Å². The van der Waals surface area contributed by atoms with Crippen molar-refractivity contribution in [3.05, 3.63) is 0 Å². The van der Waals surface area contributed by atoms with Crippen LogP contribution in [0.4, 0.5) is 0 Å². The molecule has 1 saturated heterocycles. The van der Waals surface area contributed by atoms with Crippen LogP contribution in [0.2, 0.25) is 0 Å². The summed E-state index contributed by atoms with van der Waals surface area (Å²) in [5, 5.41) is 0. The van der Waals surface area contributed by atoms with Crippen molar-refractivity contribution in [2.75, 3.05) is 27.8 Å². The predicted octanol–water partition coefficient (Wildman–Crippen LogP) is 0.300. The number of carbonyl (C=O) groups is 1. The van der Waals surface area contributed by atoms with Crippen molar-refractivity contribution < 1.29 is 28.5 Å². The highest BCUT2D eigenvalue weighted by atomic mass is 16.7. The Morgan fingerprint density at radius 3 is 2.50 bits per heavy atom. The first-order valence-electron chi connectivity index (χ1n) is 5.09. The fourth-order valence-electron chi connectivity index (χ4n) is 1.60. The average molecular weight is 234 g/mol. The molecule has 0 saturated carbocycles. The van der Waals surface area contributed by atoms with Gasteiger partial charge in [0.15, 0.2) is 0 Å². The molecular formula is C10H18O6. The lowest BCUT2D eigenvalue weighted by molar-refractivity contribution is -0.217. The molecule has 1 fully saturated rings. The summed E-state index contributed by atoms with van der Waals surface area (Å²) in [5.74, 6) is -0.286. The minimum atomic E-state index is -0.355. The van der Waals surface area contributed by atoms with Crippen molar-refractivity contribution in [2.24, 2.45) is 0 Å². The third kappa shape index (κ3) is 3.71. The number of ether oxygens (including phenoxy) is 5. The zero-order chi connectivity index (χ0) is 12.0. The van der Waals surface area contributed by atoms with Crippen LogP contribution in [0, 0.1) is 0 Å². The molecule has 1 aliphatic rings. The third-order valence-corrected chi connectivity index (χ3v) is 2.29. The monoisotopic (exact) mass is 234 g/mol. The number of rotatable bonds is 6. The van der Waals surface area contributed by atoms with E-state index in [4.69, 9.17) is 23.7 Å². The molecule has 0 aliphatic carbocycles. The van der Waals surface area contributed by atoms with Crippen LogP contribution in [-0.4, -0.2) is 52.1 Å². The zero-order valence-electron chi connectivity index (χ0n) is 9.80. The topological polar surface area (TPSA) is 63.2 Å². The summed E-state index contributed by atoms with van der Waals surface area (Å²) in [5.41, 5.74) is 0. The van der Waals surface area contributed by atoms with Gasteiger partial charge in [-0.05, 0) is 6.92 Å². The number of hydrogen-bond acceptors (Lipinski definition) is 6. The van der Waals surface area contributed by atoms with Gasteiger partial charge in [0.1, 0.15) is 31.9 Å². The van der Waals surface area contributed by atoms with Gasteiger partial charge in [-0.2, -0.15) is 0 Å². The first-order chi connectivity index (χ1) is 7.69. The van der Waals surface area contributed by atoms with Gasteiger partial charge in [-0.3, -0.25) is 4.79 Å². The van der Waals surface area contributed by atoms with Gasteiger partial charge >= 0.3 is 5.97 Å². The minimum Gasteiger partial charge on any atom is -0.460 e. The highest BCUT2D eigenvalue weighted by Crippen LogP contribution is 2.21. The summed E-state index contributed by atoms with van der Waals surface area (Å²) >= 11 is 0. The fraction of sp³-hybridized carbons (Fsp3) is 0.900. The van der Waals surface area contributed by atoms with Crippen LogP contribution >= 0.6 is 0 Å². The Morgan fingerprint density at radius 1 is 1.25 bits per heavy atom. The van der Waals surface area contributed by atoms with Crippen molar-refractivity contribution in [3.8, 4) is 0 Å². The quantitative estimate of drug-likeness (QED) is 0.486. The largest absolute Gasteiger partial charge is 0.460 e. The molecule has 16 heavy (non-hydrogen) atoms. The Hall–Kier alpha value is -0.690. The van der Waals surface area contributed by atoms with Crippen molar-refractivity contribution in [1.82, 2.24) is 0 Å². The first kappa shape index (κ1) is 13.4. The second-order valence-corrected chi connectivity index (χ2v) is 3.55. The van der Waals surface area contributed by atoms with E-state index in [1.807, 2.05) is 0 Å². The normalized spacial score (nSPS) is 30.2. The van der Waals surface area contributed by atoms with Gasteiger partial charge in [-0.25, -0.2) is 0 Å². The molecule has 0 aromatic heterocycles.